The van der Waals surface area contributed by atoms with Gasteiger partial charge in [0.05, 0.1) is 15.3 Å². The van der Waals surface area contributed by atoms with Gasteiger partial charge in [0.25, 0.3) is 0 Å². The molecule has 1 aromatic heterocycles. The summed E-state index contributed by atoms with van der Waals surface area (Å²) in [5.74, 6) is 0.136. The van der Waals surface area contributed by atoms with Crippen molar-refractivity contribution in [1.29, 1.82) is 4.78 Å². The van der Waals surface area contributed by atoms with Gasteiger partial charge in [0, 0.05) is 23.5 Å². The zero-order valence-electron chi connectivity index (χ0n) is 15.6. The van der Waals surface area contributed by atoms with Gasteiger partial charge < -0.3 is 9.42 Å². The molecule has 144 valence electrons. The number of aromatic nitrogens is 1. The number of aryl methyl sites for hydroxylation is 1. The number of amides is 1. The lowest BCUT2D eigenvalue weighted by atomic mass is 10.00. The molecule has 0 saturated carbocycles. The lowest BCUT2D eigenvalue weighted by molar-refractivity contribution is -0.131. The van der Waals surface area contributed by atoms with E-state index >= 15 is 0 Å². The monoisotopic (exact) mass is 395 g/mol. The molecule has 1 amide bonds. The normalized spacial score (nSPS) is 15.7. The van der Waals surface area contributed by atoms with E-state index in [9.17, 15) is 9.00 Å². The van der Waals surface area contributed by atoms with Gasteiger partial charge in [-0.05, 0) is 31.0 Å². The van der Waals surface area contributed by atoms with Crippen LogP contribution in [0.25, 0.3) is 22.4 Å². The third-order valence-electron chi connectivity index (χ3n) is 4.95. The standard InChI is InChI=1S/C21H21N3O3S/c1-15-20(21(23-27-15)16-7-3-2-4-8-16)17-9-5-10-18(13-17)28(22,26)14-19(25)24-11-6-12-24/h2-5,7-10,13,22H,6,11-12,14H2,1H3. The van der Waals surface area contributed by atoms with E-state index in [2.05, 4.69) is 5.16 Å². The van der Waals surface area contributed by atoms with E-state index in [0.717, 1.165) is 23.1 Å². The van der Waals surface area contributed by atoms with Crippen LogP contribution in [0.15, 0.2) is 64.0 Å². The van der Waals surface area contributed by atoms with E-state index in [-0.39, 0.29) is 11.7 Å². The maximum absolute atomic E-state index is 13.0. The van der Waals surface area contributed by atoms with Crippen molar-refractivity contribution >= 4 is 15.6 Å². The van der Waals surface area contributed by atoms with Gasteiger partial charge in [-0.3, -0.25) is 4.79 Å². The molecule has 0 bridgehead atoms. The predicted octanol–water partition coefficient (Wildman–Crippen LogP) is 3.95. The number of hydrogen-bond acceptors (Lipinski definition) is 5. The van der Waals surface area contributed by atoms with Crippen LogP contribution in [0.2, 0.25) is 0 Å². The maximum Gasteiger partial charge on any atom is 0.236 e. The number of benzene rings is 2. The van der Waals surface area contributed by atoms with Gasteiger partial charge in [-0.2, -0.15) is 0 Å². The van der Waals surface area contributed by atoms with Crippen molar-refractivity contribution in [3.63, 3.8) is 0 Å². The lowest BCUT2D eigenvalue weighted by Crippen LogP contribution is -2.44. The van der Waals surface area contributed by atoms with Crippen molar-refractivity contribution in [2.45, 2.75) is 18.2 Å². The molecular weight excluding hydrogens is 374 g/mol. The van der Waals surface area contributed by atoms with Crippen molar-refractivity contribution in [3.05, 3.63) is 60.4 Å². The van der Waals surface area contributed by atoms with E-state index in [0.29, 0.717) is 29.4 Å². The highest BCUT2D eigenvalue weighted by Gasteiger charge is 2.25. The predicted molar refractivity (Wildman–Crippen MR) is 107 cm³/mol. The van der Waals surface area contributed by atoms with Crippen LogP contribution in [-0.4, -0.2) is 39.0 Å². The highest BCUT2D eigenvalue weighted by atomic mass is 32.2. The second kappa shape index (κ2) is 7.24. The molecule has 2 aromatic carbocycles. The molecule has 7 heteroatoms. The van der Waals surface area contributed by atoms with Gasteiger partial charge >= 0.3 is 0 Å². The Hall–Kier alpha value is -2.93. The molecule has 1 aliphatic heterocycles. The molecule has 2 heterocycles. The van der Waals surface area contributed by atoms with E-state index in [1.54, 1.807) is 23.1 Å². The average molecular weight is 395 g/mol. The summed E-state index contributed by atoms with van der Waals surface area (Å²) in [4.78, 5) is 14.2. The van der Waals surface area contributed by atoms with Crippen molar-refractivity contribution < 1.29 is 13.5 Å². The Morgan fingerprint density at radius 3 is 2.54 bits per heavy atom. The van der Waals surface area contributed by atoms with Crippen LogP contribution >= 0.6 is 0 Å². The van der Waals surface area contributed by atoms with Crippen LogP contribution in [0.5, 0.6) is 0 Å². The molecule has 0 radical (unpaired) electrons. The lowest BCUT2D eigenvalue weighted by Gasteiger charge is -2.31. The summed E-state index contributed by atoms with van der Waals surface area (Å²) < 4.78 is 26.7. The summed E-state index contributed by atoms with van der Waals surface area (Å²) >= 11 is 0. The molecule has 0 spiro atoms. The SMILES string of the molecule is Cc1onc(-c2ccccc2)c1-c1cccc(S(=N)(=O)CC(=O)N2CCC2)c1. The van der Waals surface area contributed by atoms with Gasteiger partial charge in [0.1, 0.15) is 17.2 Å². The molecule has 1 fully saturated rings. The molecule has 3 aromatic rings. The van der Waals surface area contributed by atoms with Crippen LogP contribution in [0.1, 0.15) is 12.2 Å². The number of nitrogens with zero attached hydrogens (tertiary/aromatic N) is 2. The van der Waals surface area contributed by atoms with Gasteiger partial charge in [-0.1, -0.05) is 47.6 Å². The molecule has 6 nitrogen and oxygen atoms in total. The minimum atomic E-state index is -3.23. The minimum Gasteiger partial charge on any atom is -0.360 e. The van der Waals surface area contributed by atoms with Gasteiger partial charge in [-0.25, -0.2) is 8.99 Å². The maximum atomic E-state index is 13.0. The quantitative estimate of drug-likeness (QED) is 0.708. The van der Waals surface area contributed by atoms with Crippen molar-refractivity contribution in [1.82, 2.24) is 10.1 Å². The highest BCUT2D eigenvalue weighted by Crippen LogP contribution is 2.35. The average Bonchev–Trinajstić information content (AvgIpc) is 3.02. The number of nitrogens with one attached hydrogen (secondary N) is 1. The Morgan fingerprint density at radius 2 is 1.86 bits per heavy atom. The van der Waals surface area contributed by atoms with Crippen molar-refractivity contribution in [3.8, 4) is 22.4 Å². The summed E-state index contributed by atoms with van der Waals surface area (Å²) in [6, 6.07) is 16.7. The van der Waals surface area contributed by atoms with Crippen LogP contribution in [0, 0.1) is 11.7 Å². The Balaban J connectivity index is 1.70. The smallest absolute Gasteiger partial charge is 0.236 e. The van der Waals surface area contributed by atoms with Crippen LogP contribution < -0.4 is 0 Å². The molecule has 1 saturated heterocycles. The van der Waals surface area contributed by atoms with Gasteiger partial charge in [-0.15, -0.1) is 0 Å². The number of likely N-dealkylation sites (tertiary alicyclic amines) is 1. The van der Waals surface area contributed by atoms with Gasteiger partial charge in [0.15, 0.2) is 0 Å². The van der Waals surface area contributed by atoms with Crippen molar-refractivity contribution in [2.75, 3.05) is 18.8 Å². The molecule has 1 atom stereocenters. The molecule has 28 heavy (non-hydrogen) atoms. The molecule has 4 rings (SSSR count). The zero-order chi connectivity index (χ0) is 19.7. The fraction of sp³-hybridized carbons (Fsp3) is 0.238. The fourth-order valence-corrected chi connectivity index (χ4v) is 4.59. The Kier molecular flexibility index (Phi) is 4.77. The highest BCUT2D eigenvalue weighted by molar-refractivity contribution is 7.93. The van der Waals surface area contributed by atoms with E-state index in [1.807, 2.05) is 43.3 Å². The number of carbonyl (C=O) groups excluding carboxylic acids is 1. The Bertz CT molecular complexity index is 1120. The van der Waals surface area contributed by atoms with Crippen LogP contribution in [-0.2, 0) is 14.5 Å². The Labute approximate surface area is 164 Å². The molecule has 0 aliphatic carbocycles. The van der Waals surface area contributed by atoms with Crippen molar-refractivity contribution in [2.24, 2.45) is 0 Å². The summed E-state index contributed by atoms with van der Waals surface area (Å²) in [6.45, 7) is 3.20. The third kappa shape index (κ3) is 3.45. The second-order valence-corrected chi connectivity index (χ2v) is 9.02. The summed E-state index contributed by atoms with van der Waals surface area (Å²) in [7, 11) is -3.23. The summed E-state index contributed by atoms with van der Waals surface area (Å²) in [5, 5.41) is 4.19. The first-order valence-electron chi connectivity index (χ1n) is 9.12. The molecule has 1 unspecified atom stereocenters. The largest absolute Gasteiger partial charge is 0.360 e. The Morgan fingerprint density at radius 1 is 1.14 bits per heavy atom. The number of hydrogen-bond donors (Lipinski definition) is 1. The molecular formula is C21H21N3O3S. The fourth-order valence-electron chi connectivity index (χ4n) is 3.28. The number of rotatable bonds is 5. The summed E-state index contributed by atoms with van der Waals surface area (Å²) in [5.41, 5.74) is 3.19. The first kappa shape index (κ1) is 18.4. The van der Waals surface area contributed by atoms with Gasteiger partial charge in [0.2, 0.25) is 5.91 Å². The van der Waals surface area contributed by atoms with Crippen LogP contribution in [0.3, 0.4) is 0 Å². The van der Waals surface area contributed by atoms with E-state index in [1.165, 1.54) is 0 Å². The second-order valence-electron chi connectivity index (χ2n) is 6.91. The number of carbonyl (C=O) groups is 1. The van der Waals surface area contributed by atoms with E-state index in [4.69, 9.17) is 9.30 Å². The first-order chi connectivity index (χ1) is 13.5. The van der Waals surface area contributed by atoms with E-state index < -0.39 is 9.73 Å². The van der Waals surface area contributed by atoms with Crippen LogP contribution in [0.4, 0.5) is 0 Å². The zero-order valence-corrected chi connectivity index (χ0v) is 16.4. The molecule has 1 N–H and O–H groups in total. The first-order valence-corrected chi connectivity index (χ1v) is 10.8. The summed E-state index contributed by atoms with van der Waals surface area (Å²) in [6.07, 6.45) is 0.968. The third-order valence-corrected chi connectivity index (χ3v) is 6.62. The minimum absolute atomic E-state index is 0.220. The molecule has 1 aliphatic rings. The topological polar surface area (TPSA) is 87.3 Å².